The quantitative estimate of drug-likeness (QED) is 0.737. The van der Waals surface area contributed by atoms with E-state index in [-0.39, 0.29) is 12.5 Å². The molecule has 20 heavy (non-hydrogen) atoms. The fourth-order valence-corrected chi connectivity index (χ4v) is 2.41. The number of hydrogen-bond acceptors (Lipinski definition) is 4. The van der Waals surface area contributed by atoms with Crippen LogP contribution in [0, 0.1) is 0 Å². The van der Waals surface area contributed by atoms with Gasteiger partial charge in [0.25, 0.3) is 5.91 Å². The molecule has 0 radical (unpaired) electrons. The summed E-state index contributed by atoms with van der Waals surface area (Å²) in [4.78, 5) is 14.2. The number of carbonyl (C=O) groups is 1. The van der Waals surface area contributed by atoms with Gasteiger partial charge in [-0.2, -0.15) is 0 Å². The van der Waals surface area contributed by atoms with Crippen molar-refractivity contribution in [3.63, 3.8) is 0 Å². The van der Waals surface area contributed by atoms with E-state index in [4.69, 9.17) is 14.2 Å². The maximum atomic E-state index is 12.4. The molecule has 1 aliphatic rings. The van der Waals surface area contributed by atoms with Crippen LogP contribution in [0.25, 0.3) is 0 Å². The highest BCUT2D eigenvalue weighted by molar-refractivity contribution is 9.09. The van der Waals surface area contributed by atoms with Crippen molar-refractivity contribution in [1.29, 1.82) is 0 Å². The summed E-state index contributed by atoms with van der Waals surface area (Å²) in [7, 11) is 1.62. The number of rotatable bonds is 6. The lowest BCUT2D eigenvalue weighted by Gasteiger charge is -2.30. The largest absolute Gasteiger partial charge is 0.485 e. The predicted octanol–water partition coefficient (Wildman–Crippen LogP) is 1.70. The van der Waals surface area contributed by atoms with Gasteiger partial charge in [0.2, 0.25) is 6.10 Å². The van der Waals surface area contributed by atoms with Crippen LogP contribution >= 0.6 is 15.9 Å². The van der Waals surface area contributed by atoms with Gasteiger partial charge < -0.3 is 19.1 Å². The summed E-state index contributed by atoms with van der Waals surface area (Å²) in [6.45, 7) is 1.90. The maximum absolute atomic E-state index is 12.4. The van der Waals surface area contributed by atoms with E-state index in [0.29, 0.717) is 36.5 Å². The van der Waals surface area contributed by atoms with Crippen LogP contribution in [0.15, 0.2) is 24.3 Å². The van der Waals surface area contributed by atoms with Gasteiger partial charge in [-0.1, -0.05) is 28.1 Å². The van der Waals surface area contributed by atoms with Crippen LogP contribution in [-0.2, 0) is 9.53 Å². The second-order valence-corrected chi connectivity index (χ2v) is 5.16. The number of hydrogen-bond donors (Lipinski definition) is 0. The molecule has 2 rings (SSSR count). The van der Waals surface area contributed by atoms with E-state index in [2.05, 4.69) is 15.9 Å². The Morgan fingerprint density at radius 1 is 1.40 bits per heavy atom. The van der Waals surface area contributed by atoms with Crippen LogP contribution in [0.1, 0.15) is 0 Å². The third-order valence-corrected chi connectivity index (χ3v) is 3.37. The fraction of sp³-hybridized carbons (Fsp3) is 0.500. The minimum Gasteiger partial charge on any atom is -0.485 e. The summed E-state index contributed by atoms with van der Waals surface area (Å²) in [6.07, 6.45) is -0.596. The molecule has 0 bridgehead atoms. The highest BCUT2D eigenvalue weighted by Gasteiger charge is 2.30. The van der Waals surface area contributed by atoms with Gasteiger partial charge in [0.05, 0.1) is 6.61 Å². The van der Waals surface area contributed by atoms with Gasteiger partial charge in [-0.05, 0) is 12.1 Å². The summed E-state index contributed by atoms with van der Waals surface area (Å²) in [5, 5.41) is 0.715. The zero-order valence-corrected chi connectivity index (χ0v) is 13.0. The van der Waals surface area contributed by atoms with Crippen molar-refractivity contribution >= 4 is 21.8 Å². The number of halogens is 1. The van der Waals surface area contributed by atoms with Crippen LogP contribution < -0.4 is 9.47 Å². The van der Waals surface area contributed by atoms with Crippen LogP contribution in [0.3, 0.4) is 0 Å². The third kappa shape index (κ3) is 3.64. The molecule has 1 atom stereocenters. The van der Waals surface area contributed by atoms with E-state index in [1.807, 2.05) is 18.2 Å². The minimum absolute atomic E-state index is 0.0731. The molecular weight excluding hydrogens is 326 g/mol. The lowest BCUT2D eigenvalue weighted by molar-refractivity contribution is -0.141. The number of amides is 1. The molecular formula is C14H18BrNO4. The fourth-order valence-electron chi connectivity index (χ4n) is 1.98. The zero-order chi connectivity index (χ0) is 14.4. The number of fused-ring (bicyclic) bond motifs is 1. The summed E-state index contributed by atoms with van der Waals surface area (Å²) in [5.74, 6) is 1.22. The van der Waals surface area contributed by atoms with Crippen LogP contribution in [0.2, 0.25) is 0 Å². The van der Waals surface area contributed by atoms with E-state index in [1.165, 1.54) is 0 Å². The Kier molecular flexibility index (Phi) is 5.67. The van der Waals surface area contributed by atoms with Crippen molar-refractivity contribution in [1.82, 2.24) is 4.90 Å². The monoisotopic (exact) mass is 343 g/mol. The standard InChI is InChI=1S/C14H18BrNO4/c1-18-9-8-16(7-6-15)14(17)13-10-19-11-4-2-3-5-12(11)20-13/h2-5,13H,6-10H2,1H3. The molecule has 0 N–H and O–H groups in total. The van der Waals surface area contributed by atoms with E-state index in [9.17, 15) is 4.79 Å². The molecule has 1 amide bonds. The Hall–Kier alpha value is -1.27. The van der Waals surface area contributed by atoms with Crippen molar-refractivity contribution < 1.29 is 19.0 Å². The summed E-state index contributed by atoms with van der Waals surface area (Å²) < 4.78 is 16.3. The highest BCUT2D eigenvalue weighted by Crippen LogP contribution is 2.31. The molecule has 1 aromatic rings. The molecule has 0 spiro atoms. The Morgan fingerprint density at radius 3 is 2.85 bits per heavy atom. The van der Waals surface area contributed by atoms with Gasteiger partial charge in [0.1, 0.15) is 6.61 Å². The van der Waals surface area contributed by atoms with Crippen molar-refractivity contribution in [2.45, 2.75) is 6.10 Å². The number of nitrogens with zero attached hydrogens (tertiary/aromatic N) is 1. The van der Waals surface area contributed by atoms with E-state index in [0.717, 1.165) is 0 Å². The molecule has 0 aliphatic carbocycles. The van der Waals surface area contributed by atoms with Crippen molar-refractivity contribution in [3.8, 4) is 11.5 Å². The van der Waals surface area contributed by atoms with Crippen LogP contribution in [0.4, 0.5) is 0 Å². The van der Waals surface area contributed by atoms with E-state index in [1.54, 1.807) is 18.1 Å². The number of ether oxygens (including phenoxy) is 3. The van der Waals surface area contributed by atoms with Gasteiger partial charge in [-0.25, -0.2) is 0 Å². The Bertz CT molecular complexity index is 455. The summed E-state index contributed by atoms with van der Waals surface area (Å²) >= 11 is 3.35. The Morgan fingerprint density at radius 2 is 2.15 bits per heavy atom. The normalized spacial score (nSPS) is 16.8. The summed E-state index contributed by atoms with van der Waals surface area (Å²) in [5.41, 5.74) is 0. The Balaban J connectivity index is 2.01. The van der Waals surface area contributed by atoms with Crippen LogP contribution in [0.5, 0.6) is 11.5 Å². The van der Waals surface area contributed by atoms with Gasteiger partial charge >= 0.3 is 0 Å². The molecule has 1 aliphatic heterocycles. The predicted molar refractivity (Wildman–Crippen MR) is 78.6 cm³/mol. The molecule has 1 heterocycles. The summed E-state index contributed by atoms with van der Waals surface area (Å²) in [6, 6.07) is 7.37. The number of carbonyl (C=O) groups excluding carboxylic acids is 1. The SMILES string of the molecule is COCCN(CCBr)C(=O)C1COc2ccccc2O1. The second kappa shape index (κ2) is 7.50. The van der Waals surface area contributed by atoms with Crippen molar-refractivity contribution in [2.75, 3.05) is 38.7 Å². The number of alkyl halides is 1. The lowest BCUT2D eigenvalue weighted by atomic mass is 10.2. The Labute approximate surface area is 126 Å². The first-order chi connectivity index (χ1) is 9.76. The molecule has 5 nitrogen and oxygen atoms in total. The molecule has 0 saturated carbocycles. The van der Waals surface area contributed by atoms with E-state index >= 15 is 0 Å². The van der Waals surface area contributed by atoms with Crippen molar-refractivity contribution in [3.05, 3.63) is 24.3 Å². The van der Waals surface area contributed by atoms with Crippen molar-refractivity contribution in [2.24, 2.45) is 0 Å². The number of para-hydroxylation sites is 2. The molecule has 6 heteroatoms. The first kappa shape index (κ1) is 15.1. The first-order valence-corrected chi connectivity index (χ1v) is 7.60. The second-order valence-electron chi connectivity index (χ2n) is 4.37. The third-order valence-electron chi connectivity index (χ3n) is 3.02. The molecule has 1 aromatic carbocycles. The smallest absolute Gasteiger partial charge is 0.267 e. The molecule has 0 aromatic heterocycles. The van der Waals surface area contributed by atoms with Crippen LogP contribution in [-0.4, -0.2) is 55.7 Å². The highest BCUT2D eigenvalue weighted by atomic mass is 79.9. The lowest BCUT2D eigenvalue weighted by Crippen LogP contribution is -2.48. The van der Waals surface area contributed by atoms with Gasteiger partial charge in [0, 0.05) is 25.5 Å². The molecule has 0 saturated heterocycles. The number of methoxy groups -OCH3 is 1. The first-order valence-electron chi connectivity index (χ1n) is 6.48. The molecule has 0 fully saturated rings. The number of benzene rings is 1. The van der Waals surface area contributed by atoms with Gasteiger partial charge in [-0.3, -0.25) is 4.79 Å². The van der Waals surface area contributed by atoms with Gasteiger partial charge in [0.15, 0.2) is 11.5 Å². The molecule has 110 valence electrons. The van der Waals surface area contributed by atoms with E-state index < -0.39 is 6.10 Å². The average Bonchev–Trinajstić information content (AvgIpc) is 2.50. The van der Waals surface area contributed by atoms with Gasteiger partial charge in [-0.15, -0.1) is 0 Å². The zero-order valence-electron chi connectivity index (χ0n) is 11.4. The average molecular weight is 344 g/mol. The molecule has 1 unspecified atom stereocenters. The minimum atomic E-state index is -0.596. The maximum Gasteiger partial charge on any atom is 0.267 e. The topological polar surface area (TPSA) is 48.0 Å².